The molecule has 0 aliphatic carbocycles. The van der Waals surface area contributed by atoms with Crippen LogP contribution in [0.3, 0.4) is 0 Å². The van der Waals surface area contributed by atoms with Crippen molar-refractivity contribution in [3.63, 3.8) is 0 Å². The zero-order chi connectivity index (χ0) is 15.7. The van der Waals surface area contributed by atoms with Crippen molar-refractivity contribution in [2.75, 3.05) is 39.0 Å². The molecule has 0 aromatic carbocycles. The van der Waals surface area contributed by atoms with Gasteiger partial charge in [-0.15, -0.1) is 0 Å². The van der Waals surface area contributed by atoms with Crippen molar-refractivity contribution in [3.05, 3.63) is 24.2 Å². The Balaban J connectivity index is 1.68. The SMILES string of the molecule is CS(=O)(=O)N1CCO[C@@H]2CN(C(=O)c3ccoc3)CC[C@H]2C1. The maximum atomic E-state index is 12.3. The first kappa shape index (κ1) is 15.5. The number of sulfonamides is 1. The number of hydrogen-bond donors (Lipinski definition) is 0. The first-order valence-electron chi connectivity index (χ1n) is 7.33. The van der Waals surface area contributed by atoms with Crippen LogP contribution in [0.4, 0.5) is 0 Å². The molecule has 8 heteroatoms. The Labute approximate surface area is 129 Å². The number of likely N-dealkylation sites (tertiary alicyclic amines) is 1. The monoisotopic (exact) mass is 328 g/mol. The molecule has 7 nitrogen and oxygen atoms in total. The van der Waals surface area contributed by atoms with Gasteiger partial charge in [-0.25, -0.2) is 8.42 Å². The molecular formula is C14H20N2O5S. The third-order valence-corrected chi connectivity index (χ3v) is 5.60. The van der Waals surface area contributed by atoms with E-state index in [0.717, 1.165) is 6.42 Å². The normalized spacial score (nSPS) is 27.2. The summed E-state index contributed by atoms with van der Waals surface area (Å²) in [5, 5.41) is 0. The molecule has 2 saturated heterocycles. The van der Waals surface area contributed by atoms with Crippen molar-refractivity contribution in [3.8, 4) is 0 Å². The molecule has 22 heavy (non-hydrogen) atoms. The molecule has 1 aromatic heterocycles. The number of carbonyl (C=O) groups is 1. The number of piperidine rings is 1. The molecule has 0 bridgehead atoms. The second kappa shape index (κ2) is 6.02. The summed E-state index contributed by atoms with van der Waals surface area (Å²) >= 11 is 0. The van der Waals surface area contributed by atoms with Gasteiger partial charge in [0.25, 0.3) is 5.91 Å². The van der Waals surface area contributed by atoms with Crippen molar-refractivity contribution in [2.24, 2.45) is 5.92 Å². The summed E-state index contributed by atoms with van der Waals surface area (Å²) in [7, 11) is -3.20. The molecule has 0 spiro atoms. The fraction of sp³-hybridized carbons (Fsp3) is 0.643. The van der Waals surface area contributed by atoms with E-state index in [2.05, 4.69) is 0 Å². The molecular weight excluding hydrogens is 308 g/mol. The lowest BCUT2D eigenvalue weighted by atomic mass is 9.93. The number of carbonyl (C=O) groups excluding carboxylic acids is 1. The predicted octanol–water partition coefficient (Wildman–Crippen LogP) is 0.402. The van der Waals surface area contributed by atoms with Gasteiger partial charge in [0.15, 0.2) is 0 Å². The summed E-state index contributed by atoms with van der Waals surface area (Å²) in [6.45, 7) is 2.30. The van der Waals surface area contributed by atoms with Crippen molar-refractivity contribution in [2.45, 2.75) is 12.5 Å². The van der Waals surface area contributed by atoms with Gasteiger partial charge in [-0.2, -0.15) is 4.31 Å². The number of rotatable bonds is 2. The fourth-order valence-electron chi connectivity index (χ4n) is 3.08. The zero-order valence-electron chi connectivity index (χ0n) is 12.5. The Hall–Kier alpha value is -1.38. The van der Waals surface area contributed by atoms with Crippen LogP contribution in [0.2, 0.25) is 0 Å². The standard InChI is InChI=1S/C14H20N2O5S/c1-22(18,19)16-5-7-21-13-9-15(4-2-11(13)8-16)14(17)12-3-6-20-10-12/h3,6,10-11,13H,2,4-5,7-9H2,1H3/t11-,13+/m0/s1. The van der Waals surface area contributed by atoms with Gasteiger partial charge < -0.3 is 14.1 Å². The maximum absolute atomic E-state index is 12.3. The van der Waals surface area contributed by atoms with Crippen LogP contribution in [-0.4, -0.2) is 68.7 Å². The summed E-state index contributed by atoms with van der Waals surface area (Å²) < 4.78 is 35.7. The van der Waals surface area contributed by atoms with Crippen LogP contribution < -0.4 is 0 Å². The van der Waals surface area contributed by atoms with Crippen LogP contribution in [-0.2, 0) is 14.8 Å². The molecule has 122 valence electrons. The molecule has 0 N–H and O–H groups in total. The molecule has 2 aliphatic heterocycles. The highest BCUT2D eigenvalue weighted by atomic mass is 32.2. The Morgan fingerprint density at radius 2 is 2.14 bits per heavy atom. The minimum Gasteiger partial charge on any atom is -0.472 e. The topological polar surface area (TPSA) is 80.1 Å². The first-order chi connectivity index (χ1) is 10.4. The lowest BCUT2D eigenvalue weighted by molar-refractivity contribution is -0.0170. The number of fused-ring (bicyclic) bond motifs is 1. The molecule has 2 atom stereocenters. The fourth-order valence-corrected chi connectivity index (χ4v) is 3.94. The van der Waals surface area contributed by atoms with Crippen LogP contribution >= 0.6 is 0 Å². The van der Waals surface area contributed by atoms with Crippen molar-refractivity contribution >= 4 is 15.9 Å². The van der Waals surface area contributed by atoms with E-state index in [4.69, 9.17) is 9.15 Å². The lowest BCUT2D eigenvalue weighted by Gasteiger charge is -2.37. The minimum absolute atomic E-state index is 0.0694. The number of ether oxygens (including phenoxy) is 1. The smallest absolute Gasteiger partial charge is 0.257 e. The van der Waals surface area contributed by atoms with Gasteiger partial charge in [0.1, 0.15) is 6.26 Å². The Kier molecular flexibility index (Phi) is 4.24. The molecule has 0 saturated carbocycles. The largest absolute Gasteiger partial charge is 0.472 e. The highest BCUT2D eigenvalue weighted by Crippen LogP contribution is 2.26. The molecule has 0 unspecified atom stereocenters. The van der Waals surface area contributed by atoms with E-state index in [0.29, 0.717) is 38.3 Å². The Bertz CT molecular complexity index is 628. The number of hydrogen-bond acceptors (Lipinski definition) is 5. The Morgan fingerprint density at radius 3 is 2.82 bits per heavy atom. The third kappa shape index (κ3) is 3.18. The third-order valence-electron chi connectivity index (χ3n) is 4.33. The first-order valence-corrected chi connectivity index (χ1v) is 9.18. The number of furan rings is 1. The van der Waals surface area contributed by atoms with Crippen LogP contribution in [0.5, 0.6) is 0 Å². The summed E-state index contributed by atoms with van der Waals surface area (Å²) in [5.74, 6) is 0.0608. The van der Waals surface area contributed by atoms with E-state index in [1.54, 1.807) is 11.0 Å². The average Bonchev–Trinajstić information content (AvgIpc) is 2.91. The van der Waals surface area contributed by atoms with Crippen LogP contribution in [0, 0.1) is 5.92 Å². The van der Waals surface area contributed by atoms with E-state index >= 15 is 0 Å². The molecule has 3 rings (SSSR count). The van der Waals surface area contributed by atoms with E-state index in [1.807, 2.05) is 0 Å². The molecule has 0 radical (unpaired) electrons. The van der Waals surface area contributed by atoms with Crippen molar-refractivity contribution in [1.82, 2.24) is 9.21 Å². The maximum Gasteiger partial charge on any atom is 0.257 e. The number of amides is 1. The van der Waals surface area contributed by atoms with E-state index < -0.39 is 10.0 Å². The van der Waals surface area contributed by atoms with Gasteiger partial charge in [-0.1, -0.05) is 0 Å². The zero-order valence-corrected chi connectivity index (χ0v) is 13.3. The van der Waals surface area contributed by atoms with Gasteiger partial charge in [0, 0.05) is 32.1 Å². The van der Waals surface area contributed by atoms with Gasteiger partial charge in [0.2, 0.25) is 10.0 Å². The highest BCUT2D eigenvalue weighted by Gasteiger charge is 2.37. The van der Waals surface area contributed by atoms with E-state index in [9.17, 15) is 13.2 Å². The summed E-state index contributed by atoms with van der Waals surface area (Å²) in [5.41, 5.74) is 0.532. The van der Waals surface area contributed by atoms with E-state index in [1.165, 1.54) is 23.1 Å². The highest BCUT2D eigenvalue weighted by molar-refractivity contribution is 7.88. The second-order valence-electron chi connectivity index (χ2n) is 5.84. The average molecular weight is 328 g/mol. The van der Waals surface area contributed by atoms with Crippen LogP contribution in [0.1, 0.15) is 16.8 Å². The van der Waals surface area contributed by atoms with Crippen LogP contribution in [0.25, 0.3) is 0 Å². The summed E-state index contributed by atoms with van der Waals surface area (Å²) in [4.78, 5) is 14.1. The Morgan fingerprint density at radius 1 is 1.32 bits per heavy atom. The second-order valence-corrected chi connectivity index (χ2v) is 7.82. The van der Waals surface area contributed by atoms with Gasteiger partial charge in [-0.05, 0) is 12.5 Å². The molecule has 1 aromatic rings. The molecule has 2 aliphatic rings. The van der Waals surface area contributed by atoms with Gasteiger partial charge >= 0.3 is 0 Å². The van der Waals surface area contributed by atoms with Crippen LogP contribution in [0.15, 0.2) is 23.0 Å². The summed E-state index contributed by atoms with van der Waals surface area (Å²) in [6, 6.07) is 1.65. The minimum atomic E-state index is -3.20. The van der Waals surface area contributed by atoms with Gasteiger partial charge in [0.05, 0.1) is 30.8 Å². The van der Waals surface area contributed by atoms with E-state index in [-0.39, 0.29) is 17.9 Å². The van der Waals surface area contributed by atoms with Crippen molar-refractivity contribution in [1.29, 1.82) is 0 Å². The molecule has 2 fully saturated rings. The quantitative estimate of drug-likeness (QED) is 0.785. The molecule has 3 heterocycles. The predicted molar refractivity (Wildman–Crippen MR) is 78.9 cm³/mol. The lowest BCUT2D eigenvalue weighted by Crippen LogP contribution is -2.49. The molecule has 1 amide bonds. The van der Waals surface area contributed by atoms with Gasteiger partial charge in [-0.3, -0.25) is 4.79 Å². The van der Waals surface area contributed by atoms with Crippen molar-refractivity contribution < 1.29 is 22.4 Å². The number of nitrogens with zero attached hydrogens (tertiary/aromatic N) is 2. The summed E-state index contributed by atoms with van der Waals surface area (Å²) in [6.07, 6.45) is 4.77.